The zero-order chi connectivity index (χ0) is 22.9. The Balaban J connectivity index is 2.79. The summed E-state index contributed by atoms with van der Waals surface area (Å²) in [6.45, 7) is 5.35. The van der Waals surface area contributed by atoms with Crippen LogP contribution in [0, 0.1) is 0 Å². The van der Waals surface area contributed by atoms with E-state index in [2.05, 4.69) is 15.6 Å². The fraction of sp³-hybridized carbons (Fsp3) is 0.550. The zero-order valence-corrected chi connectivity index (χ0v) is 17.9. The van der Waals surface area contributed by atoms with Crippen LogP contribution in [0.3, 0.4) is 0 Å². The zero-order valence-electron chi connectivity index (χ0n) is 17.9. The SMILES string of the molecule is CN(C)C(=O)CNC(=NCc1cccc(C(F)(F)F)c1)NCCC(=O)OC(C)(C)C. The molecule has 1 amide bonds. The molecule has 30 heavy (non-hydrogen) atoms. The van der Waals surface area contributed by atoms with Crippen molar-refractivity contribution in [1.29, 1.82) is 0 Å². The number of aliphatic imine (C=N–C) groups is 1. The lowest BCUT2D eigenvalue weighted by atomic mass is 10.1. The van der Waals surface area contributed by atoms with Gasteiger partial charge in [0.05, 0.1) is 25.1 Å². The summed E-state index contributed by atoms with van der Waals surface area (Å²) in [6.07, 6.45) is -4.38. The van der Waals surface area contributed by atoms with Crippen LogP contribution in [0.1, 0.15) is 38.3 Å². The number of ether oxygens (including phenoxy) is 1. The molecule has 1 aromatic carbocycles. The Kier molecular flexibility index (Phi) is 9.13. The van der Waals surface area contributed by atoms with E-state index in [0.717, 1.165) is 12.1 Å². The van der Waals surface area contributed by atoms with Crippen molar-refractivity contribution in [3.63, 3.8) is 0 Å². The van der Waals surface area contributed by atoms with Crippen molar-refractivity contribution < 1.29 is 27.5 Å². The summed E-state index contributed by atoms with van der Waals surface area (Å²) < 4.78 is 43.8. The van der Waals surface area contributed by atoms with Gasteiger partial charge in [-0.15, -0.1) is 0 Å². The van der Waals surface area contributed by atoms with E-state index in [0.29, 0.717) is 5.56 Å². The third kappa shape index (κ3) is 10.1. The number of amides is 1. The van der Waals surface area contributed by atoms with Crippen molar-refractivity contribution >= 4 is 17.8 Å². The number of nitrogens with one attached hydrogen (secondary N) is 2. The molecular formula is C20H29F3N4O3. The third-order valence-corrected chi connectivity index (χ3v) is 3.62. The van der Waals surface area contributed by atoms with Crippen LogP contribution in [-0.4, -0.2) is 55.5 Å². The molecule has 0 spiro atoms. The number of benzene rings is 1. The molecule has 0 bridgehead atoms. The number of esters is 1. The largest absolute Gasteiger partial charge is 0.460 e. The smallest absolute Gasteiger partial charge is 0.416 e. The average molecular weight is 430 g/mol. The first-order chi connectivity index (χ1) is 13.8. The fourth-order valence-electron chi connectivity index (χ4n) is 2.18. The number of guanidine groups is 1. The van der Waals surface area contributed by atoms with Gasteiger partial charge in [0.1, 0.15) is 5.60 Å². The number of halogens is 3. The lowest BCUT2D eigenvalue weighted by molar-refractivity contribution is -0.154. The second-order valence-electron chi connectivity index (χ2n) is 7.77. The van der Waals surface area contributed by atoms with Crippen molar-refractivity contribution in [2.75, 3.05) is 27.2 Å². The van der Waals surface area contributed by atoms with Gasteiger partial charge in [0, 0.05) is 20.6 Å². The minimum absolute atomic E-state index is 0.0398. The topological polar surface area (TPSA) is 83.0 Å². The van der Waals surface area contributed by atoms with E-state index in [-0.39, 0.29) is 37.9 Å². The molecule has 0 aliphatic rings. The normalized spacial score (nSPS) is 12.3. The summed E-state index contributed by atoms with van der Waals surface area (Å²) in [4.78, 5) is 29.2. The average Bonchev–Trinajstić information content (AvgIpc) is 2.61. The van der Waals surface area contributed by atoms with Crippen molar-refractivity contribution in [2.24, 2.45) is 4.99 Å². The molecule has 2 N–H and O–H groups in total. The molecule has 1 rings (SSSR count). The van der Waals surface area contributed by atoms with Gasteiger partial charge in [-0.3, -0.25) is 9.59 Å². The van der Waals surface area contributed by atoms with E-state index < -0.39 is 23.3 Å². The van der Waals surface area contributed by atoms with Gasteiger partial charge in [-0.25, -0.2) is 4.99 Å². The lowest BCUT2D eigenvalue weighted by Crippen LogP contribution is -2.43. The quantitative estimate of drug-likeness (QED) is 0.395. The molecule has 0 radical (unpaired) electrons. The van der Waals surface area contributed by atoms with Crippen molar-refractivity contribution in [3.05, 3.63) is 35.4 Å². The molecule has 0 fully saturated rings. The number of rotatable bonds is 7. The Hall–Kier alpha value is -2.78. The highest BCUT2D eigenvalue weighted by molar-refractivity contribution is 5.86. The predicted octanol–water partition coefficient (Wildman–Crippen LogP) is 2.56. The highest BCUT2D eigenvalue weighted by atomic mass is 19.4. The third-order valence-electron chi connectivity index (χ3n) is 3.62. The minimum Gasteiger partial charge on any atom is -0.460 e. The molecule has 0 saturated carbocycles. The first-order valence-corrected chi connectivity index (χ1v) is 9.38. The summed E-state index contributed by atoms with van der Waals surface area (Å²) >= 11 is 0. The van der Waals surface area contributed by atoms with E-state index in [1.165, 1.54) is 17.0 Å². The second kappa shape index (κ2) is 10.8. The van der Waals surface area contributed by atoms with E-state index in [4.69, 9.17) is 4.74 Å². The van der Waals surface area contributed by atoms with E-state index in [1.807, 2.05) is 0 Å². The minimum atomic E-state index is -4.44. The lowest BCUT2D eigenvalue weighted by Gasteiger charge is -2.20. The number of carbonyl (C=O) groups is 2. The predicted molar refractivity (Wildman–Crippen MR) is 108 cm³/mol. The van der Waals surface area contributed by atoms with Crippen LogP contribution >= 0.6 is 0 Å². The molecule has 0 unspecified atom stereocenters. The van der Waals surface area contributed by atoms with E-state index in [9.17, 15) is 22.8 Å². The summed E-state index contributed by atoms with van der Waals surface area (Å²) in [5.41, 5.74) is -1.00. The van der Waals surface area contributed by atoms with Gasteiger partial charge in [-0.1, -0.05) is 12.1 Å². The molecular weight excluding hydrogens is 401 g/mol. The molecule has 0 aliphatic carbocycles. The molecule has 0 saturated heterocycles. The number of carbonyl (C=O) groups excluding carboxylic acids is 2. The van der Waals surface area contributed by atoms with Crippen LogP contribution in [0.15, 0.2) is 29.3 Å². The molecule has 1 aromatic rings. The number of nitrogens with zero attached hydrogens (tertiary/aromatic N) is 2. The van der Waals surface area contributed by atoms with Crippen LogP contribution in [0.4, 0.5) is 13.2 Å². The highest BCUT2D eigenvalue weighted by Gasteiger charge is 2.30. The second-order valence-corrected chi connectivity index (χ2v) is 7.77. The molecule has 0 atom stereocenters. The van der Waals surface area contributed by atoms with Gasteiger partial charge in [-0.05, 0) is 38.5 Å². The number of likely N-dealkylation sites (N-methyl/N-ethyl adjacent to an activating group) is 1. The molecule has 0 aromatic heterocycles. The molecule has 168 valence electrons. The molecule has 0 aliphatic heterocycles. The fourth-order valence-corrected chi connectivity index (χ4v) is 2.18. The Morgan fingerprint density at radius 2 is 1.80 bits per heavy atom. The van der Waals surface area contributed by atoms with Crippen LogP contribution in [-0.2, 0) is 27.0 Å². The van der Waals surface area contributed by atoms with Crippen molar-refractivity contribution in [1.82, 2.24) is 15.5 Å². The van der Waals surface area contributed by atoms with Gasteiger partial charge in [0.15, 0.2) is 5.96 Å². The Morgan fingerprint density at radius 3 is 2.37 bits per heavy atom. The van der Waals surface area contributed by atoms with Crippen molar-refractivity contribution in [2.45, 2.75) is 45.5 Å². The number of alkyl halides is 3. The summed E-state index contributed by atoms with van der Waals surface area (Å²) in [5.74, 6) is -0.418. The van der Waals surface area contributed by atoms with Crippen LogP contribution in [0.2, 0.25) is 0 Å². The number of hydrogen-bond donors (Lipinski definition) is 2. The Bertz CT molecular complexity index is 756. The van der Waals surface area contributed by atoms with E-state index >= 15 is 0 Å². The van der Waals surface area contributed by atoms with Gasteiger partial charge >= 0.3 is 12.1 Å². The van der Waals surface area contributed by atoms with Gasteiger partial charge < -0.3 is 20.3 Å². The summed E-state index contributed by atoms with van der Waals surface area (Å²) in [6, 6.07) is 4.85. The maximum atomic E-state index is 12.9. The van der Waals surface area contributed by atoms with Gasteiger partial charge in [0.2, 0.25) is 5.91 Å². The van der Waals surface area contributed by atoms with Crippen LogP contribution in [0.5, 0.6) is 0 Å². The van der Waals surface area contributed by atoms with E-state index in [1.54, 1.807) is 34.9 Å². The van der Waals surface area contributed by atoms with Crippen molar-refractivity contribution in [3.8, 4) is 0 Å². The molecule has 10 heteroatoms. The first kappa shape index (κ1) is 25.3. The first-order valence-electron chi connectivity index (χ1n) is 9.38. The standard InChI is InChI=1S/C20H29F3N4O3/c1-19(2,3)30-17(29)9-10-24-18(26-13-16(28)27(4)5)25-12-14-7-6-8-15(11-14)20(21,22)23/h6-8,11H,9-10,12-13H2,1-5H3,(H2,24,25,26). The molecule has 7 nitrogen and oxygen atoms in total. The Labute approximate surface area is 174 Å². The highest BCUT2D eigenvalue weighted by Crippen LogP contribution is 2.29. The maximum absolute atomic E-state index is 12.9. The number of hydrogen-bond acceptors (Lipinski definition) is 4. The van der Waals surface area contributed by atoms with Crippen LogP contribution in [0.25, 0.3) is 0 Å². The maximum Gasteiger partial charge on any atom is 0.416 e. The van der Waals surface area contributed by atoms with Gasteiger partial charge in [0.25, 0.3) is 0 Å². The Morgan fingerprint density at radius 1 is 1.13 bits per heavy atom. The summed E-state index contributed by atoms with van der Waals surface area (Å²) in [7, 11) is 3.19. The van der Waals surface area contributed by atoms with Gasteiger partial charge in [-0.2, -0.15) is 13.2 Å². The van der Waals surface area contributed by atoms with Crippen LogP contribution < -0.4 is 10.6 Å². The monoisotopic (exact) mass is 430 g/mol. The molecule has 0 heterocycles. The summed E-state index contributed by atoms with van der Waals surface area (Å²) in [5, 5.41) is 5.70.